The minimum Gasteiger partial charge on any atom is -0.495 e. The maximum absolute atomic E-state index is 12.3. The molecular formula is C15H17N3O2. The predicted molar refractivity (Wildman–Crippen MR) is 77.2 cm³/mol. The molecule has 1 heterocycles. The Balaban J connectivity index is 2.30. The average Bonchev–Trinajstić information content (AvgIpc) is 2.38. The molecule has 0 fully saturated rings. The maximum Gasteiger partial charge on any atom is 0.259 e. The highest BCUT2D eigenvalue weighted by atomic mass is 16.5. The van der Waals surface area contributed by atoms with E-state index in [1.807, 2.05) is 25.1 Å². The zero-order chi connectivity index (χ0) is 14.7. The van der Waals surface area contributed by atoms with Crippen molar-refractivity contribution in [2.45, 2.75) is 20.8 Å². The van der Waals surface area contributed by atoms with Crippen LogP contribution in [-0.4, -0.2) is 23.0 Å². The quantitative estimate of drug-likeness (QED) is 0.932. The van der Waals surface area contributed by atoms with Crippen LogP contribution in [0, 0.1) is 20.8 Å². The highest BCUT2D eigenvalue weighted by Crippen LogP contribution is 2.25. The number of aryl methyl sites for hydroxylation is 3. The number of carbonyl (C=O) groups excluding carboxylic acids is 1. The van der Waals surface area contributed by atoms with Gasteiger partial charge in [-0.15, -0.1) is 0 Å². The van der Waals surface area contributed by atoms with Gasteiger partial charge in [0.15, 0.2) is 0 Å². The lowest BCUT2D eigenvalue weighted by Gasteiger charge is -2.11. The first kappa shape index (κ1) is 14.0. The predicted octanol–water partition coefficient (Wildman–Crippen LogP) is 2.66. The van der Waals surface area contributed by atoms with Crippen LogP contribution in [0.5, 0.6) is 5.75 Å². The van der Waals surface area contributed by atoms with E-state index in [2.05, 4.69) is 15.3 Å². The van der Waals surface area contributed by atoms with Crippen molar-refractivity contribution >= 4 is 11.6 Å². The van der Waals surface area contributed by atoms with Gasteiger partial charge in [0, 0.05) is 6.20 Å². The molecular weight excluding hydrogens is 254 g/mol. The third-order valence-corrected chi connectivity index (χ3v) is 2.95. The van der Waals surface area contributed by atoms with Crippen LogP contribution in [0.1, 0.15) is 27.4 Å². The number of hydrogen-bond donors (Lipinski definition) is 1. The second-order valence-corrected chi connectivity index (χ2v) is 4.57. The SMILES string of the molecule is COc1ccc(C)cc1NC(=O)c1cnc(C)nc1C. The smallest absolute Gasteiger partial charge is 0.259 e. The molecule has 0 bridgehead atoms. The van der Waals surface area contributed by atoms with Gasteiger partial charge in [-0.25, -0.2) is 9.97 Å². The lowest BCUT2D eigenvalue weighted by Crippen LogP contribution is -2.15. The molecule has 5 heteroatoms. The van der Waals surface area contributed by atoms with Crippen LogP contribution < -0.4 is 10.1 Å². The topological polar surface area (TPSA) is 64.1 Å². The number of nitrogens with zero attached hydrogens (tertiary/aromatic N) is 2. The number of ether oxygens (including phenoxy) is 1. The zero-order valence-electron chi connectivity index (χ0n) is 12.0. The van der Waals surface area contributed by atoms with Crippen LogP contribution in [0.4, 0.5) is 5.69 Å². The number of amides is 1. The molecule has 104 valence electrons. The molecule has 0 spiro atoms. The van der Waals surface area contributed by atoms with E-state index in [1.165, 1.54) is 6.20 Å². The van der Waals surface area contributed by atoms with E-state index in [0.717, 1.165) is 5.56 Å². The van der Waals surface area contributed by atoms with Gasteiger partial charge in [-0.1, -0.05) is 6.07 Å². The van der Waals surface area contributed by atoms with Crippen LogP contribution in [0.15, 0.2) is 24.4 Å². The lowest BCUT2D eigenvalue weighted by molar-refractivity contribution is 0.102. The van der Waals surface area contributed by atoms with Crippen LogP contribution >= 0.6 is 0 Å². The summed E-state index contributed by atoms with van der Waals surface area (Å²) in [6.45, 7) is 5.53. The molecule has 1 aromatic carbocycles. The summed E-state index contributed by atoms with van der Waals surface area (Å²) in [5.41, 5.74) is 2.79. The van der Waals surface area contributed by atoms with Crippen molar-refractivity contribution in [1.82, 2.24) is 9.97 Å². The Hall–Kier alpha value is -2.43. The summed E-state index contributed by atoms with van der Waals surface area (Å²) in [7, 11) is 1.57. The monoisotopic (exact) mass is 271 g/mol. The van der Waals surface area contributed by atoms with Gasteiger partial charge < -0.3 is 10.1 Å². The summed E-state index contributed by atoms with van der Waals surface area (Å²) in [5, 5.41) is 2.83. The Morgan fingerprint density at radius 2 is 2.00 bits per heavy atom. The van der Waals surface area contributed by atoms with Crippen molar-refractivity contribution in [2.24, 2.45) is 0 Å². The fraction of sp³-hybridized carbons (Fsp3) is 0.267. The molecule has 0 saturated heterocycles. The fourth-order valence-electron chi connectivity index (χ4n) is 1.92. The van der Waals surface area contributed by atoms with Gasteiger partial charge in [-0.2, -0.15) is 0 Å². The van der Waals surface area contributed by atoms with E-state index in [4.69, 9.17) is 4.74 Å². The zero-order valence-corrected chi connectivity index (χ0v) is 12.0. The van der Waals surface area contributed by atoms with Crippen LogP contribution in [0.3, 0.4) is 0 Å². The molecule has 2 rings (SSSR count). The summed E-state index contributed by atoms with van der Waals surface area (Å²) in [5.74, 6) is 1.02. The van der Waals surface area contributed by atoms with Crippen molar-refractivity contribution < 1.29 is 9.53 Å². The highest BCUT2D eigenvalue weighted by molar-refractivity contribution is 6.05. The largest absolute Gasteiger partial charge is 0.495 e. The number of aromatic nitrogens is 2. The van der Waals surface area contributed by atoms with E-state index < -0.39 is 0 Å². The standard InChI is InChI=1S/C15H17N3O2/c1-9-5-6-14(20-4)13(7-9)18-15(19)12-8-16-11(3)17-10(12)2/h5-8H,1-4H3,(H,18,19). The number of nitrogens with one attached hydrogen (secondary N) is 1. The first-order valence-corrected chi connectivity index (χ1v) is 6.27. The number of carbonyl (C=O) groups is 1. The number of rotatable bonds is 3. The van der Waals surface area contributed by atoms with Gasteiger partial charge >= 0.3 is 0 Å². The normalized spacial score (nSPS) is 10.2. The summed E-state index contributed by atoms with van der Waals surface area (Å²) in [6, 6.07) is 5.61. The molecule has 1 amide bonds. The second kappa shape index (κ2) is 5.69. The Bertz CT molecular complexity index is 654. The minimum atomic E-state index is -0.244. The summed E-state index contributed by atoms with van der Waals surface area (Å²) < 4.78 is 5.24. The summed E-state index contributed by atoms with van der Waals surface area (Å²) in [4.78, 5) is 20.5. The van der Waals surface area contributed by atoms with Gasteiger partial charge in [0.1, 0.15) is 11.6 Å². The van der Waals surface area contributed by atoms with Crippen molar-refractivity contribution in [3.63, 3.8) is 0 Å². The molecule has 0 atom stereocenters. The first-order valence-electron chi connectivity index (χ1n) is 6.27. The highest BCUT2D eigenvalue weighted by Gasteiger charge is 2.13. The van der Waals surface area contributed by atoms with Crippen molar-refractivity contribution in [3.05, 3.63) is 47.0 Å². The second-order valence-electron chi connectivity index (χ2n) is 4.57. The van der Waals surface area contributed by atoms with Crippen molar-refractivity contribution in [3.8, 4) is 5.75 Å². The van der Waals surface area contributed by atoms with E-state index in [0.29, 0.717) is 28.5 Å². The van der Waals surface area contributed by atoms with E-state index in [9.17, 15) is 4.79 Å². The van der Waals surface area contributed by atoms with Gasteiger partial charge in [0.25, 0.3) is 5.91 Å². The lowest BCUT2D eigenvalue weighted by atomic mass is 10.2. The van der Waals surface area contributed by atoms with E-state index in [-0.39, 0.29) is 5.91 Å². The Kier molecular flexibility index (Phi) is 3.98. The Labute approximate surface area is 118 Å². The van der Waals surface area contributed by atoms with E-state index in [1.54, 1.807) is 21.0 Å². The summed E-state index contributed by atoms with van der Waals surface area (Å²) in [6.07, 6.45) is 1.54. The van der Waals surface area contributed by atoms with Gasteiger partial charge in [-0.3, -0.25) is 4.79 Å². The molecule has 0 aliphatic rings. The molecule has 2 aromatic rings. The van der Waals surface area contributed by atoms with Crippen LogP contribution in [0.2, 0.25) is 0 Å². The fourth-order valence-corrected chi connectivity index (χ4v) is 1.92. The summed E-state index contributed by atoms with van der Waals surface area (Å²) >= 11 is 0. The molecule has 0 saturated carbocycles. The minimum absolute atomic E-state index is 0.244. The molecule has 1 N–H and O–H groups in total. The van der Waals surface area contributed by atoms with Gasteiger partial charge in [-0.05, 0) is 38.5 Å². The van der Waals surface area contributed by atoms with Gasteiger partial charge in [0.05, 0.1) is 24.1 Å². The molecule has 0 radical (unpaired) electrons. The van der Waals surface area contributed by atoms with E-state index >= 15 is 0 Å². The Morgan fingerprint density at radius 3 is 2.65 bits per heavy atom. The van der Waals surface area contributed by atoms with Gasteiger partial charge in [0.2, 0.25) is 0 Å². The number of anilines is 1. The maximum atomic E-state index is 12.3. The molecule has 0 aliphatic heterocycles. The third kappa shape index (κ3) is 2.93. The molecule has 0 unspecified atom stereocenters. The number of benzene rings is 1. The van der Waals surface area contributed by atoms with Crippen LogP contribution in [-0.2, 0) is 0 Å². The molecule has 0 aliphatic carbocycles. The average molecular weight is 271 g/mol. The van der Waals surface area contributed by atoms with Crippen LogP contribution in [0.25, 0.3) is 0 Å². The first-order chi connectivity index (χ1) is 9.51. The number of methoxy groups -OCH3 is 1. The Morgan fingerprint density at radius 1 is 1.25 bits per heavy atom. The van der Waals surface area contributed by atoms with Crippen molar-refractivity contribution in [2.75, 3.05) is 12.4 Å². The molecule has 1 aromatic heterocycles. The number of hydrogen-bond acceptors (Lipinski definition) is 4. The molecule has 5 nitrogen and oxygen atoms in total. The molecule has 20 heavy (non-hydrogen) atoms. The van der Waals surface area contributed by atoms with Crippen molar-refractivity contribution in [1.29, 1.82) is 0 Å². The third-order valence-electron chi connectivity index (χ3n) is 2.95.